The topological polar surface area (TPSA) is 65.3 Å². The van der Waals surface area contributed by atoms with Crippen LogP contribution in [0.2, 0.25) is 0 Å². The van der Waals surface area contributed by atoms with Crippen LogP contribution in [0.5, 0.6) is 5.75 Å². The second kappa shape index (κ2) is 8.22. The number of hydrogen-bond acceptors (Lipinski definition) is 3. The largest absolute Gasteiger partial charge is 0.481 e. The molecule has 0 aliphatic rings. The van der Waals surface area contributed by atoms with E-state index in [1.807, 2.05) is 54.6 Å². The third-order valence-electron chi connectivity index (χ3n) is 5.18. The monoisotopic (exact) mass is 407 g/mol. The summed E-state index contributed by atoms with van der Waals surface area (Å²) in [5, 5.41) is 2.76. The molecule has 0 radical (unpaired) electrons. The smallest absolute Gasteiger partial charge is 0.295 e. The van der Waals surface area contributed by atoms with Crippen molar-refractivity contribution in [2.45, 2.75) is 46.1 Å². The highest BCUT2D eigenvalue weighted by Gasteiger charge is 2.22. The molecular weight excluding hydrogens is 378 g/mol. The number of nitrogens with zero attached hydrogens (tertiary/aromatic N) is 2. The molecule has 0 bridgehead atoms. The number of para-hydroxylation sites is 1. The van der Waals surface area contributed by atoms with Crippen LogP contribution in [-0.4, -0.2) is 21.4 Å². The van der Waals surface area contributed by atoms with Crippen molar-refractivity contribution in [2.75, 3.05) is 5.32 Å². The van der Waals surface area contributed by atoms with Crippen molar-refractivity contribution in [1.29, 1.82) is 0 Å². The number of carbonyl (C=O) groups is 1. The van der Waals surface area contributed by atoms with Crippen LogP contribution >= 0.6 is 0 Å². The van der Waals surface area contributed by atoms with Gasteiger partial charge in [0.15, 0.2) is 6.10 Å². The number of rotatable bonds is 5. The van der Waals surface area contributed by atoms with Crippen LogP contribution < -0.4 is 15.6 Å². The second-order valence-electron chi connectivity index (χ2n) is 8.46. The minimum Gasteiger partial charge on any atom is -0.481 e. The van der Waals surface area contributed by atoms with Crippen molar-refractivity contribution < 1.29 is 9.53 Å². The van der Waals surface area contributed by atoms with Crippen LogP contribution in [0.3, 0.4) is 0 Å². The molecule has 0 saturated carbocycles. The lowest BCUT2D eigenvalue weighted by molar-refractivity contribution is -0.122. The van der Waals surface area contributed by atoms with E-state index < -0.39 is 6.10 Å². The predicted molar refractivity (Wildman–Crippen MR) is 120 cm³/mol. The fourth-order valence-corrected chi connectivity index (χ4v) is 3.23. The average Bonchev–Trinajstić information content (AvgIpc) is 2.91. The molecule has 0 aliphatic carbocycles. The summed E-state index contributed by atoms with van der Waals surface area (Å²) in [6.45, 7) is 9.84. The van der Waals surface area contributed by atoms with Gasteiger partial charge in [0, 0.05) is 7.05 Å². The van der Waals surface area contributed by atoms with E-state index in [0.29, 0.717) is 11.4 Å². The Hall–Kier alpha value is -3.28. The summed E-state index contributed by atoms with van der Waals surface area (Å²) >= 11 is 0. The number of carbonyl (C=O) groups excluding carboxylic acids is 1. The van der Waals surface area contributed by atoms with Crippen molar-refractivity contribution in [1.82, 2.24) is 9.36 Å². The lowest BCUT2D eigenvalue weighted by Crippen LogP contribution is -2.32. The average molecular weight is 408 g/mol. The molecule has 30 heavy (non-hydrogen) atoms. The molecule has 1 aromatic heterocycles. The highest BCUT2D eigenvalue weighted by atomic mass is 16.5. The van der Waals surface area contributed by atoms with Crippen LogP contribution in [0, 0.1) is 6.92 Å². The third kappa shape index (κ3) is 4.32. The molecular formula is C24H29N3O3. The van der Waals surface area contributed by atoms with Gasteiger partial charge in [-0.1, -0.05) is 51.1 Å². The standard InChI is InChI=1S/C24H29N3O3/c1-16-21(23(29)27(26(16)6)19-12-8-7-9-13-19)25-22(28)17(2)30-20-14-10-11-18(15-20)24(3,4)5/h7-15,17H,1-6H3,(H,25,28). The van der Waals surface area contributed by atoms with Gasteiger partial charge < -0.3 is 10.1 Å². The quantitative estimate of drug-likeness (QED) is 0.690. The maximum Gasteiger partial charge on any atom is 0.295 e. The Morgan fingerprint density at radius 1 is 1.07 bits per heavy atom. The maximum absolute atomic E-state index is 13.0. The summed E-state index contributed by atoms with van der Waals surface area (Å²) in [6, 6.07) is 17.0. The summed E-state index contributed by atoms with van der Waals surface area (Å²) in [7, 11) is 1.79. The fourth-order valence-electron chi connectivity index (χ4n) is 3.23. The number of ether oxygens (including phenoxy) is 1. The van der Waals surface area contributed by atoms with E-state index in [2.05, 4.69) is 26.1 Å². The normalized spacial score (nSPS) is 12.5. The van der Waals surface area contributed by atoms with Gasteiger partial charge in [-0.25, -0.2) is 4.68 Å². The van der Waals surface area contributed by atoms with Gasteiger partial charge in [-0.05, 0) is 49.1 Å². The lowest BCUT2D eigenvalue weighted by atomic mass is 9.87. The number of anilines is 1. The Bertz CT molecular complexity index is 1100. The van der Waals surface area contributed by atoms with Gasteiger partial charge in [0.25, 0.3) is 11.5 Å². The molecule has 2 aromatic carbocycles. The van der Waals surface area contributed by atoms with E-state index in [1.54, 1.807) is 25.6 Å². The molecule has 1 N–H and O–H groups in total. The zero-order valence-corrected chi connectivity index (χ0v) is 18.4. The Balaban J connectivity index is 1.81. The third-order valence-corrected chi connectivity index (χ3v) is 5.18. The van der Waals surface area contributed by atoms with Crippen LogP contribution in [0.4, 0.5) is 5.69 Å². The van der Waals surface area contributed by atoms with Crippen LogP contribution in [-0.2, 0) is 17.3 Å². The number of aromatic nitrogens is 2. The first-order valence-corrected chi connectivity index (χ1v) is 10.0. The Morgan fingerprint density at radius 3 is 2.37 bits per heavy atom. The van der Waals surface area contributed by atoms with Crippen molar-refractivity contribution in [3.05, 3.63) is 76.2 Å². The predicted octanol–water partition coefficient (Wildman–Crippen LogP) is 4.19. The molecule has 6 nitrogen and oxygen atoms in total. The molecule has 6 heteroatoms. The fraction of sp³-hybridized carbons (Fsp3) is 0.333. The van der Waals surface area contributed by atoms with Crippen molar-refractivity contribution in [3.8, 4) is 11.4 Å². The van der Waals surface area contributed by atoms with E-state index in [0.717, 1.165) is 11.3 Å². The van der Waals surface area contributed by atoms with E-state index in [9.17, 15) is 9.59 Å². The van der Waals surface area contributed by atoms with Crippen molar-refractivity contribution in [3.63, 3.8) is 0 Å². The zero-order valence-electron chi connectivity index (χ0n) is 18.4. The first-order valence-electron chi connectivity index (χ1n) is 10.0. The van der Waals surface area contributed by atoms with Gasteiger partial charge in [-0.2, -0.15) is 0 Å². The van der Waals surface area contributed by atoms with E-state index >= 15 is 0 Å². The maximum atomic E-state index is 13.0. The van der Waals surface area contributed by atoms with Gasteiger partial charge in [0.05, 0.1) is 11.4 Å². The summed E-state index contributed by atoms with van der Waals surface area (Å²) < 4.78 is 9.12. The summed E-state index contributed by atoms with van der Waals surface area (Å²) in [5.41, 5.74) is 2.48. The van der Waals surface area contributed by atoms with Crippen LogP contribution in [0.25, 0.3) is 5.69 Å². The van der Waals surface area contributed by atoms with E-state index in [-0.39, 0.29) is 22.6 Å². The molecule has 1 amide bonds. The lowest BCUT2D eigenvalue weighted by Gasteiger charge is -2.21. The molecule has 3 rings (SSSR count). The van der Waals surface area contributed by atoms with E-state index in [1.165, 1.54) is 4.68 Å². The second-order valence-corrected chi connectivity index (χ2v) is 8.46. The molecule has 1 heterocycles. The van der Waals surface area contributed by atoms with Gasteiger partial charge in [-0.3, -0.25) is 14.3 Å². The molecule has 3 aromatic rings. The molecule has 0 saturated heterocycles. The van der Waals surface area contributed by atoms with Crippen LogP contribution in [0.15, 0.2) is 59.4 Å². The summed E-state index contributed by atoms with van der Waals surface area (Å²) in [6.07, 6.45) is -0.760. The molecule has 0 spiro atoms. The minimum atomic E-state index is -0.760. The minimum absolute atomic E-state index is 0.0193. The van der Waals surface area contributed by atoms with Crippen LogP contribution in [0.1, 0.15) is 39.0 Å². The molecule has 0 aliphatic heterocycles. The highest BCUT2D eigenvalue weighted by Crippen LogP contribution is 2.26. The Morgan fingerprint density at radius 2 is 1.73 bits per heavy atom. The summed E-state index contributed by atoms with van der Waals surface area (Å²) in [5.74, 6) is 0.249. The Kier molecular flexibility index (Phi) is 5.87. The number of nitrogens with one attached hydrogen (secondary N) is 1. The summed E-state index contributed by atoms with van der Waals surface area (Å²) in [4.78, 5) is 25.7. The number of benzene rings is 2. The zero-order chi connectivity index (χ0) is 22.1. The number of hydrogen-bond donors (Lipinski definition) is 1. The van der Waals surface area contributed by atoms with Gasteiger partial charge in [0.1, 0.15) is 11.4 Å². The first kappa shape index (κ1) is 21.4. The SMILES string of the molecule is Cc1c(NC(=O)C(C)Oc2cccc(C(C)(C)C)c2)c(=O)n(-c2ccccc2)n1C. The molecule has 1 atom stereocenters. The van der Waals surface area contributed by atoms with Crippen molar-refractivity contribution >= 4 is 11.6 Å². The van der Waals surface area contributed by atoms with Crippen molar-refractivity contribution in [2.24, 2.45) is 7.05 Å². The highest BCUT2D eigenvalue weighted by molar-refractivity contribution is 5.94. The molecule has 1 unspecified atom stereocenters. The molecule has 158 valence electrons. The first-order chi connectivity index (χ1) is 14.1. The van der Waals surface area contributed by atoms with Gasteiger partial charge in [-0.15, -0.1) is 0 Å². The number of amides is 1. The van der Waals surface area contributed by atoms with Gasteiger partial charge >= 0.3 is 0 Å². The van der Waals surface area contributed by atoms with Gasteiger partial charge in [0.2, 0.25) is 0 Å². The Labute approximate surface area is 177 Å². The molecule has 0 fully saturated rings. The van der Waals surface area contributed by atoms with E-state index in [4.69, 9.17) is 4.74 Å².